The topological polar surface area (TPSA) is 273 Å². The molecular weight excluding hydrogens is 448 g/mol. The summed E-state index contributed by atoms with van der Waals surface area (Å²) < 4.78 is 0. The lowest BCUT2D eigenvalue weighted by molar-refractivity contribution is -0.333. The fraction of sp³-hybridized carbons (Fsp3) is 0.100. The van der Waals surface area contributed by atoms with Gasteiger partial charge in [-0.2, -0.15) is 0 Å². The third-order valence-corrected chi connectivity index (χ3v) is 3.13. The second-order valence-electron chi connectivity index (χ2n) is 5.81. The van der Waals surface area contributed by atoms with E-state index in [0.717, 1.165) is 11.1 Å². The van der Waals surface area contributed by atoms with E-state index in [4.69, 9.17) is 32.5 Å². The quantitative estimate of drug-likeness (QED) is 0.110. The van der Waals surface area contributed by atoms with Crippen molar-refractivity contribution in [3.8, 4) is 0 Å². The van der Waals surface area contributed by atoms with Crippen LogP contribution in [-0.2, 0) is 9.59 Å². The molecule has 2 unspecified atom stereocenters. The normalized spacial score (nSPS) is 10.5. The molecule has 0 heterocycles. The molecule has 0 aliphatic carbocycles. The van der Waals surface area contributed by atoms with Crippen molar-refractivity contribution in [3.05, 3.63) is 71.8 Å². The largest absolute Gasteiger partial charge is 0.547 e. The van der Waals surface area contributed by atoms with E-state index >= 15 is 0 Å². The van der Waals surface area contributed by atoms with E-state index in [1.807, 2.05) is 60.7 Å². The molecule has 0 bridgehead atoms. The van der Waals surface area contributed by atoms with Crippen molar-refractivity contribution < 1.29 is 39.6 Å². The number of hydrogen-bond acceptors (Lipinski definition) is 8. The molecule has 14 heteroatoms. The van der Waals surface area contributed by atoms with Crippen LogP contribution < -0.4 is 21.7 Å². The zero-order chi connectivity index (χ0) is 25.9. The summed E-state index contributed by atoms with van der Waals surface area (Å²) in [6.45, 7) is 0. The summed E-state index contributed by atoms with van der Waals surface area (Å²) in [5, 5.41) is 55.9. The Kier molecular flexibility index (Phi) is 14.2. The van der Waals surface area contributed by atoms with Gasteiger partial charge < -0.3 is 41.5 Å². The number of benzene rings is 2. The fourth-order valence-electron chi connectivity index (χ4n) is 1.65. The molecule has 0 aromatic heterocycles. The summed E-state index contributed by atoms with van der Waals surface area (Å²) in [6.07, 6.45) is -1.79. The number of nitrogens with one attached hydrogen (secondary N) is 2. The molecule has 0 saturated carbocycles. The molecule has 178 valence electrons. The number of carbonyl (C=O) groups excluding carboxylic acids is 2. The highest BCUT2D eigenvalue weighted by molar-refractivity contribution is 5.81. The van der Waals surface area contributed by atoms with Gasteiger partial charge in [-0.1, -0.05) is 36.4 Å². The van der Waals surface area contributed by atoms with E-state index in [9.17, 15) is 19.8 Å². The Morgan fingerprint density at radius 3 is 1.29 bits per heavy atom. The SMILES string of the molecule is N=C(N)N=[N+]=Cc1ccccc1.N=C(N)N=[N+]=Cc1ccccc1.O=C([O-])C(O)C(O)C(=O)[O-]. The Morgan fingerprint density at radius 2 is 1.06 bits per heavy atom. The number of carboxylic acid groups (broad SMARTS) is 2. The molecule has 2 aromatic rings. The van der Waals surface area contributed by atoms with Gasteiger partial charge in [0.05, 0.1) is 32.6 Å². The lowest BCUT2D eigenvalue weighted by atomic mass is 10.2. The third kappa shape index (κ3) is 14.9. The average Bonchev–Trinajstić information content (AvgIpc) is 2.80. The predicted molar refractivity (Wildman–Crippen MR) is 114 cm³/mol. The molecule has 14 nitrogen and oxygen atoms in total. The molecule has 2 atom stereocenters. The van der Waals surface area contributed by atoms with Crippen molar-refractivity contribution in [2.75, 3.05) is 0 Å². The molecule has 0 radical (unpaired) electrons. The maximum Gasteiger partial charge on any atom is 0.338 e. The van der Waals surface area contributed by atoms with Gasteiger partial charge in [0, 0.05) is 0 Å². The van der Waals surface area contributed by atoms with Crippen molar-refractivity contribution in [2.45, 2.75) is 12.2 Å². The van der Waals surface area contributed by atoms with Gasteiger partial charge in [0.2, 0.25) is 0 Å². The number of aliphatic hydroxyl groups is 2. The van der Waals surface area contributed by atoms with Gasteiger partial charge in [0.25, 0.3) is 11.9 Å². The summed E-state index contributed by atoms with van der Waals surface area (Å²) in [5.74, 6) is -4.70. The first-order valence-corrected chi connectivity index (χ1v) is 9.08. The smallest absolute Gasteiger partial charge is 0.338 e. The highest BCUT2D eigenvalue weighted by Gasteiger charge is 2.17. The van der Waals surface area contributed by atoms with Crippen LogP contribution in [-0.4, -0.2) is 68.3 Å². The number of aliphatic carboxylic acids is 2. The minimum atomic E-state index is -2.44. The van der Waals surface area contributed by atoms with Crippen LogP contribution in [0.3, 0.4) is 0 Å². The van der Waals surface area contributed by atoms with Gasteiger partial charge in [-0.3, -0.25) is 10.8 Å². The standard InChI is InChI=1S/2C8H9N4.C4H6O6/c2*9-8(10)12-11-6-7-4-2-1-3-5-7;5-1(3(7)8)2(6)4(9)10/h2*1-6H,(H3,9,10);1-2,5-6H,(H,7,8)(H,9,10)/q2*+1;/p-2. The number of hydrogen-bond donors (Lipinski definition) is 6. The Bertz CT molecular complexity index is 991. The van der Waals surface area contributed by atoms with Gasteiger partial charge >= 0.3 is 12.4 Å². The molecule has 0 aliphatic rings. The highest BCUT2D eigenvalue weighted by atomic mass is 16.4. The van der Waals surface area contributed by atoms with E-state index in [0.29, 0.717) is 0 Å². The third-order valence-electron chi connectivity index (χ3n) is 3.13. The van der Waals surface area contributed by atoms with E-state index in [1.165, 1.54) is 0 Å². The zero-order valence-corrected chi connectivity index (χ0v) is 17.6. The van der Waals surface area contributed by atoms with Gasteiger partial charge in [0.15, 0.2) is 10.2 Å². The Labute approximate surface area is 193 Å². The monoisotopic (exact) mass is 470 g/mol. The van der Waals surface area contributed by atoms with Crippen LogP contribution in [0.5, 0.6) is 0 Å². The summed E-state index contributed by atoms with van der Waals surface area (Å²) >= 11 is 0. The second kappa shape index (κ2) is 16.7. The molecule has 0 spiro atoms. The van der Waals surface area contributed by atoms with E-state index in [2.05, 4.69) is 19.8 Å². The molecule has 0 aliphatic heterocycles. The summed E-state index contributed by atoms with van der Waals surface area (Å²) in [7, 11) is 0. The molecule has 2 rings (SSSR count). The van der Waals surface area contributed by atoms with Crippen molar-refractivity contribution in [1.82, 2.24) is 0 Å². The number of nitrogens with two attached hydrogens (primary N) is 2. The predicted octanol–water partition coefficient (Wildman–Crippen LogP) is -3.47. The molecule has 0 amide bonds. The van der Waals surface area contributed by atoms with Crippen LogP contribution >= 0.6 is 0 Å². The first kappa shape index (κ1) is 29.0. The molecule has 34 heavy (non-hydrogen) atoms. The summed E-state index contributed by atoms with van der Waals surface area (Å²) in [6, 6.07) is 19.0. The van der Waals surface area contributed by atoms with Crippen molar-refractivity contribution >= 4 is 36.3 Å². The average molecular weight is 470 g/mol. The number of aliphatic hydroxyl groups excluding tert-OH is 2. The van der Waals surface area contributed by atoms with Crippen molar-refractivity contribution in [2.24, 2.45) is 21.7 Å². The minimum absolute atomic E-state index is 0.290. The lowest BCUT2D eigenvalue weighted by Gasteiger charge is -2.18. The van der Waals surface area contributed by atoms with Crippen molar-refractivity contribution in [1.29, 1.82) is 10.8 Å². The van der Waals surface area contributed by atoms with Gasteiger partial charge in [-0.25, -0.2) is 0 Å². The minimum Gasteiger partial charge on any atom is -0.547 e. The highest BCUT2D eigenvalue weighted by Crippen LogP contribution is 1.92. The first-order chi connectivity index (χ1) is 16.0. The van der Waals surface area contributed by atoms with Crippen LogP contribution in [0.25, 0.3) is 0 Å². The van der Waals surface area contributed by atoms with E-state index < -0.39 is 24.1 Å². The molecule has 0 fully saturated rings. The van der Waals surface area contributed by atoms with Gasteiger partial charge in [-0.15, -0.1) is 0 Å². The van der Waals surface area contributed by atoms with E-state index in [1.54, 1.807) is 12.4 Å². The van der Waals surface area contributed by atoms with Crippen LogP contribution in [0.1, 0.15) is 11.1 Å². The van der Waals surface area contributed by atoms with Crippen LogP contribution in [0.2, 0.25) is 0 Å². The van der Waals surface area contributed by atoms with Crippen molar-refractivity contribution in [3.63, 3.8) is 0 Å². The molecular formula is C20H22N8O6. The van der Waals surface area contributed by atoms with Gasteiger partial charge in [-0.05, 0) is 24.3 Å². The molecule has 0 saturated heterocycles. The molecule has 2 aromatic carbocycles. The first-order valence-electron chi connectivity index (χ1n) is 9.08. The number of carboxylic acids is 2. The number of carbonyl (C=O) groups is 2. The second-order valence-corrected chi connectivity index (χ2v) is 5.81. The number of guanidine groups is 2. The maximum absolute atomic E-state index is 9.63. The lowest BCUT2D eigenvalue weighted by Crippen LogP contribution is -2.51. The fourth-order valence-corrected chi connectivity index (χ4v) is 1.65. The Hall–Kier alpha value is -5.00. The Balaban J connectivity index is 0.000000484. The van der Waals surface area contributed by atoms with E-state index in [-0.39, 0.29) is 11.9 Å². The number of nitrogens with zero attached hydrogens (tertiary/aromatic N) is 4. The number of rotatable bonds is 5. The molecule has 8 N–H and O–H groups in total. The van der Waals surface area contributed by atoms with Gasteiger partial charge in [0.1, 0.15) is 12.2 Å². The van der Waals surface area contributed by atoms with Crippen LogP contribution in [0.15, 0.2) is 70.9 Å². The zero-order valence-electron chi connectivity index (χ0n) is 17.6. The maximum atomic E-state index is 9.63. The Morgan fingerprint density at radius 1 is 0.765 bits per heavy atom. The summed E-state index contributed by atoms with van der Waals surface area (Å²) in [4.78, 5) is 26.4. The summed E-state index contributed by atoms with van der Waals surface area (Å²) in [5.41, 5.74) is 11.8. The van der Waals surface area contributed by atoms with Crippen LogP contribution in [0.4, 0.5) is 0 Å². The van der Waals surface area contributed by atoms with Crippen LogP contribution in [0, 0.1) is 10.8 Å².